The first kappa shape index (κ1) is 13.1. The number of nitrogens with two attached hydrogens (primary N) is 1. The quantitative estimate of drug-likeness (QED) is 0.831. The molecule has 0 radical (unpaired) electrons. The summed E-state index contributed by atoms with van der Waals surface area (Å²) in [5.41, 5.74) is 8.65. The molecule has 0 saturated heterocycles. The van der Waals surface area contributed by atoms with Gasteiger partial charge in [0, 0.05) is 16.4 Å². The van der Waals surface area contributed by atoms with Crippen molar-refractivity contribution in [2.24, 2.45) is 5.73 Å². The monoisotopic (exact) mass is 301 g/mol. The van der Waals surface area contributed by atoms with Gasteiger partial charge in [-0.2, -0.15) is 0 Å². The maximum Gasteiger partial charge on any atom is 0.0399 e. The van der Waals surface area contributed by atoms with E-state index in [9.17, 15) is 0 Å². The predicted octanol–water partition coefficient (Wildman–Crippen LogP) is 4.42. The van der Waals surface area contributed by atoms with Crippen molar-refractivity contribution in [3.63, 3.8) is 0 Å². The maximum atomic E-state index is 6.34. The number of benzene rings is 2. The van der Waals surface area contributed by atoms with Gasteiger partial charge in [-0.3, -0.25) is 0 Å². The second kappa shape index (κ2) is 5.98. The highest BCUT2D eigenvalue weighted by molar-refractivity contribution is 9.10. The van der Waals surface area contributed by atoms with Crippen LogP contribution in [0.5, 0.6) is 0 Å². The second-order valence-electron chi connectivity index (χ2n) is 4.25. The van der Waals surface area contributed by atoms with Crippen molar-refractivity contribution in [2.45, 2.75) is 12.0 Å². The summed E-state index contributed by atoms with van der Waals surface area (Å²) < 4.78 is 1.07. The molecule has 0 aliphatic heterocycles. The van der Waals surface area contributed by atoms with Gasteiger partial charge in [0.25, 0.3) is 0 Å². The molecule has 92 valence electrons. The van der Waals surface area contributed by atoms with Crippen LogP contribution in [0.3, 0.4) is 0 Å². The van der Waals surface area contributed by atoms with Crippen molar-refractivity contribution in [3.05, 3.63) is 82.9 Å². The van der Waals surface area contributed by atoms with Gasteiger partial charge in [0.1, 0.15) is 0 Å². The summed E-state index contributed by atoms with van der Waals surface area (Å²) in [6.07, 6.45) is 1.92. The lowest BCUT2D eigenvalue weighted by atomic mass is 9.88. The zero-order valence-corrected chi connectivity index (χ0v) is 11.7. The summed E-state index contributed by atoms with van der Waals surface area (Å²) in [5, 5.41) is 0. The van der Waals surface area contributed by atoms with Crippen LogP contribution in [-0.4, -0.2) is 0 Å². The van der Waals surface area contributed by atoms with E-state index >= 15 is 0 Å². The Hall–Kier alpha value is -1.38. The Morgan fingerprint density at radius 2 is 1.56 bits per heavy atom. The van der Waals surface area contributed by atoms with Crippen LogP contribution >= 0.6 is 15.9 Å². The molecule has 2 aromatic carbocycles. The van der Waals surface area contributed by atoms with E-state index in [1.165, 1.54) is 5.56 Å². The normalized spacial score (nSPS) is 13.9. The average Bonchev–Trinajstić information content (AvgIpc) is 2.42. The van der Waals surface area contributed by atoms with Crippen molar-refractivity contribution in [3.8, 4) is 0 Å². The fraction of sp³-hybridized carbons (Fsp3) is 0.125. The highest BCUT2D eigenvalue weighted by Crippen LogP contribution is 2.30. The molecule has 2 N–H and O–H groups in total. The topological polar surface area (TPSA) is 26.0 Å². The van der Waals surface area contributed by atoms with Gasteiger partial charge in [-0.25, -0.2) is 0 Å². The minimum Gasteiger partial charge on any atom is -0.323 e. The van der Waals surface area contributed by atoms with Crippen LogP contribution in [0.4, 0.5) is 0 Å². The Labute approximate surface area is 116 Å². The molecule has 0 amide bonds. The first-order valence-electron chi connectivity index (χ1n) is 5.91. The average molecular weight is 302 g/mol. The third-order valence-electron chi connectivity index (χ3n) is 3.08. The number of rotatable bonds is 4. The molecule has 0 bridgehead atoms. The molecule has 0 aliphatic carbocycles. The van der Waals surface area contributed by atoms with Crippen LogP contribution in [0.1, 0.15) is 23.1 Å². The van der Waals surface area contributed by atoms with Crippen molar-refractivity contribution < 1.29 is 0 Å². The molecule has 0 aromatic heterocycles. The summed E-state index contributed by atoms with van der Waals surface area (Å²) in [7, 11) is 0. The highest BCUT2D eigenvalue weighted by Gasteiger charge is 2.17. The Morgan fingerprint density at radius 1 is 0.944 bits per heavy atom. The lowest BCUT2D eigenvalue weighted by Gasteiger charge is -2.21. The molecule has 2 heteroatoms. The van der Waals surface area contributed by atoms with Gasteiger partial charge in [-0.15, -0.1) is 6.58 Å². The third kappa shape index (κ3) is 2.89. The van der Waals surface area contributed by atoms with Crippen molar-refractivity contribution in [1.82, 2.24) is 0 Å². The zero-order chi connectivity index (χ0) is 13.0. The van der Waals surface area contributed by atoms with Gasteiger partial charge in [-0.1, -0.05) is 64.5 Å². The highest BCUT2D eigenvalue weighted by atomic mass is 79.9. The van der Waals surface area contributed by atoms with Crippen molar-refractivity contribution >= 4 is 15.9 Å². The summed E-state index contributed by atoms with van der Waals surface area (Å²) in [4.78, 5) is 0. The minimum atomic E-state index is -0.0649. The van der Waals surface area contributed by atoms with Crippen LogP contribution < -0.4 is 5.73 Å². The fourth-order valence-electron chi connectivity index (χ4n) is 2.06. The second-order valence-corrected chi connectivity index (χ2v) is 5.17. The van der Waals surface area contributed by atoms with E-state index in [1.807, 2.05) is 36.4 Å². The number of halogens is 1. The number of hydrogen-bond donors (Lipinski definition) is 1. The first-order chi connectivity index (χ1) is 8.72. The maximum absolute atomic E-state index is 6.34. The summed E-state index contributed by atoms with van der Waals surface area (Å²) in [5.74, 6) is 0.125. The predicted molar refractivity (Wildman–Crippen MR) is 80.5 cm³/mol. The fourth-order valence-corrected chi connectivity index (χ4v) is 2.32. The molecule has 2 atom stereocenters. The van der Waals surface area contributed by atoms with Crippen molar-refractivity contribution in [1.29, 1.82) is 0 Å². The van der Waals surface area contributed by atoms with Crippen LogP contribution in [0.25, 0.3) is 0 Å². The molecule has 0 spiro atoms. The molecule has 0 fully saturated rings. The first-order valence-corrected chi connectivity index (χ1v) is 6.70. The van der Waals surface area contributed by atoms with Gasteiger partial charge in [0.05, 0.1) is 0 Å². The van der Waals surface area contributed by atoms with E-state index < -0.39 is 0 Å². The van der Waals surface area contributed by atoms with Crippen LogP contribution in [-0.2, 0) is 0 Å². The molecular weight excluding hydrogens is 286 g/mol. The summed E-state index contributed by atoms with van der Waals surface area (Å²) in [6.45, 7) is 3.91. The minimum absolute atomic E-state index is 0.0649. The molecule has 18 heavy (non-hydrogen) atoms. The summed E-state index contributed by atoms with van der Waals surface area (Å²) in [6, 6.07) is 18.3. The number of hydrogen-bond acceptors (Lipinski definition) is 1. The van der Waals surface area contributed by atoms with Gasteiger partial charge in [0.2, 0.25) is 0 Å². The van der Waals surface area contributed by atoms with E-state index in [4.69, 9.17) is 5.73 Å². The van der Waals surface area contributed by atoms with E-state index in [0.717, 1.165) is 10.0 Å². The zero-order valence-electron chi connectivity index (χ0n) is 10.1. The van der Waals surface area contributed by atoms with Crippen LogP contribution in [0.15, 0.2) is 71.7 Å². The van der Waals surface area contributed by atoms with E-state index in [1.54, 1.807) is 0 Å². The molecule has 0 unspecified atom stereocenters. The molecule has 0 saturated carbocycles. The Balaban J connectivity index is 2.29. The molecule has 0 aliphatic rings. The van der Waals surface area contributed by atoms with E-state index in [-0.39, 0.29) is 12.0 Å². The smallest absolute Gasteiger partial charge is 0.0399 e. The van der Waals surface area contributed by atoms with Crippen molar-refractivity contribution in [2.75, 3.05) is 0 Å². The standard InChI is InChI=1S/C16H16BrN/c1-2-15(12-8-10-14(17)11-9-12)16(18)13-6-4-3-5-7-13/h2-11,15-16H,1,18H2/t15-,16+/m1/s1. The molecule has 2 aromatic rings. The molecule has 1 nitrogen and oxygen atoms in total. The molecular formula is C16H16BrN. The molecule has 2 rings (SSSR count). The van der Waals surface area contributed by atoms with Gasteiger partial charge in [0.15, 0.2) is 0 Å². The largest absolute Gasteiger partial charge is 0.323 e. The van der Waals surface area contributed by atoms with Crippen LogP contribution in [0.2, 0.25) is 0 Å². The lowest BCUT2D eigenvalue weighted by Crippen LogP contribution is -2.18. The Kier molecular flexibility index (Phi) is 4.34. The third-order valence-corrected chi connectivity index (χ3v) is 3.61. The van der Waals surface area contributed by atoms with E-state index in [2.05, 4.69) is 46.8 Å². The van der Waals surface area contributed by atoms with Gasteiger partial charge in [-0.05, 0) is 23.3 Å². The molecule has 0 heterocycles. The summed E-state index contributed by atoms with van der Waals surface area (Å²) >= 11 is 3.44. The lowest BCUT2D eigenvalue weighted by molar-refractivity contribution is 0.647. The SMILES string of the molecule is C=C[C@H](c1ccc(Br)cc1)[C@@H](N)c1ccccc1. The van der Waals surface area contributed by atoms with Gasteiger partial charge < -0.3 is 5.73 Å². The Morgan fingerprint density at radius 3 is 2.11 bits per heavy atom. The van der Waals surface area contributed by atoms with E-state index in [0.29, 0.717) is 0 Å². The Bertz CT molecular complexity index is 504. The van der Waals surface area contributed by atoms with Crippen LogP contribution in [0, 0.1) is 0 Å². The van der Waals surface area contributed by atoms with Gasteiger partial charge >= 0.3 is 0 Å².